The summed E-state index contributed by atoms with van der Waals surface area (Å²) < 4.78 is 21.1. The van der Waals surface area contributed by atoms with Gasteiger partial charge in [-0.15, -0.1) is 5.10 Å². The second-order valence-electron chi connectivity index (χ2n) is 8.32. The standard InChI is InChI=1S/C23H27FN6O/c24-19-8-10-20(11-9-19)28-12-14-29(15-13-28)22(18-5-2-1-3-6-18)23-25-26-27-30(23)17-21-7-4-16-31-21/h1-3,5-6,8-11,21-22H,4,7,12-17H2/p+1/t21-,22+/m0/s1. The Bertz CT molecular complexity index is 965. The molecule has 2 aliphatic rings. The van der Waals surface area contributed by atoms with Crippen LogP contribution in [0.2, 0.25) is 0 Å². The van der Waals surface area contributed by atoms with Crippen LogP contribution in [-0.2, 0) is 11.3 Å². The molecule has 0 radical (unpaired) electrons. The van der Waals surface area contributed by atoms with Gasteiger partial charge in [-0.1, -0.05) is 30.3 Å². The minimum atomic E-state index is -0.199. The van der Waals surface area contributed by atoms with E-state index in [4.69, 9.17) is 4.74 Å². The predicted octanol–water partition coefficient (Wildman–Crippen LogP) is 1.49. The fourth-order valence-electron chi connectivity index (χ4n) is 4.74. The molecule has 2 atom stereocenters. The molecule has 2 aromatic carbocycles. The van der Waals surface area contributed by atoms with Crippen molar-refractivity contribution >= 4 is 5.69 Å². The van der Waals surface area contributed by atoms with Crippen molar-refractivity contribution in [3.05, 3.63) is 71.8 Å². The van der Waals surface area contributed by atoms with Gasteiger partial charge in [0, 0.05) is 17.9 Å². The molecule has 0 amide bonds. The third-order valence-electron chi connectivity index (χ3n) is 6.36. The van der Waals surface area contributed by atoms with Crippen molar-refractivity contribution < 1.29 is 14.0 Å². The third-order valence-corrected chi connectivity index (χ3v) is 6.36. The molecular formula is C23H28FN6O+. The van der Waals surface area contributed by atoms with Gasteiger partial charge in [0.05, 0.1) is 38.8 Å². The van der Waals surface area contributed by atoms with Crippen molar-refractivity contribution in [1.29, 1.82) is 0 Å². The smallest absolute Gasteiger partial charge is 0.214 e. The van der Waals surface area contributed by atoms with Gasteiger partial charge in [0.2, 0.25) is 5.82 Å². The normalized spacial score (nSPS) is 20.8. The number of halogens is 1. The van der Waals surface area contributed by atoms with E-state index in [2.05, 4.69) is 44.7 Å². The highest BCUT2D eigenvalue weighted by Crippen LogP contribution is 2.21. The summed E-state index contributed by atoms with van der Waals surface area (Å²) in [6, 6.07) is 17.3. The minimum absolute atomic E-state index is 0.0629. The number of rotatable bonds is 6. The molecule has 0 saturated carbocycles. The van der Waals surface area contributed by atoms with E-state index < -0.39 is 0 Å². The van der Waals surface area contributed by atoms with E-state index in [1.54, 1.807) is 0 Å². The van der Waals surface area contributed by atoms with Gasteiger partial charge >= 0.3 is 0 Å². The van der Waals surface area contributed by atoms with E-state index in [9.17, 15) is 4.39 Å². The van der Waals surface area contributed by atoms with E-state index >= 15 is 0 Å². The summed E-state index contributed by atoms with van der Waals surface area (Å²) in [6.45, 7) is 5.21. The number of hydrogen-bond donors (Lipinski definition) is 1. The van der Waals surface area contributed by atoms with E-state index in [0.717, 1.165) is 57.1 Å². The molecule has 5 rings (SSSR count). The Morgan fingerprint density at radius 2 is 1.84 bits per heavy atom. The van der Waals surface area contributed by atoms with Crippen LogP contribution in [0.5, 0.6) is 0 Å². The average molecular weight is 424 g/mol. The van der Waals surface area contributed by atoms with Gasteiger partial charge in [0.1, 0.15) is 5.82 Å². The maximum atomic E-state index is 13.3. The number of ether oxygens (including phenoxy) is 1. The molecule has 2 fully saturated rings. The lowest BCUT2D eigenvalue weighted by atomic mass is 10.0. The Morgan fingerprint density at radius 3 is 2.55 bits per heavy atom. The average Bonchev–Trinajstić information content (AvgIpc) is 3.49. The van der Waals surface area contributed by atoms with Crippen LogP contribution in [0.3, 0.4) is 0 Å². The molecule has 0 unspecified atom stereocenters. The summed E-state index contributed by atoms with van der Waals surface area (Å²) in [5.74, 6) is 0.696. The number of tetrazole rings is 1. The monoisotopic (exact) mass is 423 g/mol. The number of nitrogens with one attached hydrogen (secondary N) is 1. The Kier molecular flexibility index (Phi) is 5.90. The predicted molar refractivity (Wildman–Crippen MR) is 114 cm³/mol. The molecule has 0 bridgehead atoms. The zero-order valence-corrected chi connectivity index (χ0v) is 17.5. The van der Waals surface area contributed by atoms with E-state index in [1.165, 1.54) is 22.6 Å². The van der Waals surface area contributed by atoms with Crippen molar-refractivity contribution in [3.63, 3.8) is 0 Å². The minimum Gasteiger partial charge on any atom is -0.376 e. The van der Waals surface area contributed by atoms with Crippen molar-refractivity contribution in [1.82, 2.24) is 20.2 Å². The third kappa shape index (κ3) is 4.45. The van der Waals surface area contributed by atoms with Gasteiger partial charge in [0.25, 0.3) is 0 Å². The molecule has 3 heterocycles. The summed E-state index contributed by atoms with van der Waals surface area (Å²) in [7, 11) is 0. The lowest BCUT2D eigenvalue weighted by Crippen LogP contribution is -3.15. The molecule has 31 heavy (non-hydrogen) atoms. The number of anilines is 1. The molecule has 0 spiro atoms. The van der Waals surface area contributed by atoms with Crippen LogP contribution in [0.1, 0.15) is 30.3 Å². The lowest BCUT2D eigenvalue weighted by Gasteiger charge is -2.37. The number of hydrogen-bond acceptors (Lipinski definition) is 5. The molecule has 2 aliphatic heterocycles. The highest BCUT2D eigenvalue weighted by Gasteiger charge is 2.34. The molecule has 7 nitrogen and oxygen atoms in total. The van der Waals surface area contributed by atoms with Crippen molar-refractivity contribution in [2.45, 2.75) is 31.5 Å². The zero-order chi connectivity index (χ0) is 21.0. The summed E-state index contributed by atoms with van der Waals surface area (Å²) in [4.78, 5) is 3.76. The Balaban J connectivity index is 1.37. The van der Waals surface area contributed by atoms with Crippen LogP contribution >= 0.6 is 0 Å². The first-order valence-corrected chi connectivity index (χ1v) is 11.1. The van der Waals surface area contributed by atoms with Crippen molar-refractivity contribution in [2.75, 3.05) is 37.7 Å². The molecule has 8 heteroatoms. The second kappa shape index (κ2) is 9.11. The number of aromatic nitrogens is 4. The Labute approximate surface area is 181 Å². The maximum absolute atomic E-state index is 13.3. The highest BCUT2D eigenvalue weighted by molar-refractivity contribution is 5.46. The SMILES string of the molecule is Fc1ccc(N2CC[NH+]([C@H](c3ccccc3)c3nnnn3C[C@@H]3CCCO3)CC2)cc1. The van der Waals surface area contributed by atoms with Gasteiger partial charge in [0.15, 0.2) is 6.04 Å². The first-order chi connectivity index (χ1) is 15.3. The Morgan fingerprint density at radius 1 is 1.06 bits per heavy atom. The fraction of sp³-hybridized carbons (Fsp3) is 0.435. The van der Waals surface area contributed by atoms with Crippen LogP contribution in [0.25, 0.3) is 0 Å². The molecule has 3 aromatic rings. The van der Waals surface area contributed by atoms with E-state index in [1.807, 2.05) is 22.9 Å². The van der Waals surface area contributed by atoms with Gasteiger partial charge in [-0.2, -0.15) is 0 Å². The van der Waals surface area contributed by atoms with Gasteiger partial charge in [-0.05, 0) is 47.5 Å². The number of piperazine rings is 1. The van der Waals surface area contributed by atoms with Gasteiger partial charge in [-0.25, -0.2) is 9.07 Å². The topological polar surface area (TPSA) is 60.5 Å². The summed E-state index contributed by atoms with van der Waals surface area (Å²) in [5, 5.41) is 12.8. The van der Waals surface area contributed by atoms with Gasteiger partial charge in [-0.3, -0.25) is 0 Å². The van der Waals surface area contributed by atoms with E-state index in [-0.39, 0.29) is 18.0 Å². The lowest BCUT2D eigenvalue weighted by molar-refractivity contribution is -0.927. The Hall–Kier alpha value is -2.84. The second-order valence-corrected chi connectivity index (χ2v) is 8.32. The summed E-state index contributed by atoms with van der Waals surface area (Å²) in [6.07, 6.45) is 2.34. The van der Waals surface area contributed by atoms with Crippen molar-refractivity contribution in [3.8, 4) is 0 Å². The molecule has 1 aromatic heterocycles. The van der Waals surface area contributed by atoms with Crippen LogP contribution in [-0.4, -0.2) is 59.1 Å². The van der Waals surface area contributed by atoms with Crippen LogP contribution in [0.4, 0.5) is 10.1 Å². The highest BCUT2D eigenvalue weighted by atomic mass is 19.1. The molecule has 2 saturated heterocycles. The quantitative estimate of drug-likeness (QED) is 0.651. The summed E-state index contributed by atoms with van der Waals surface area (Å²) in [5.41, 5.74) is 2.29. The van der Waals surface area contributed by atoms with E-state index in [0.29, 0.717) is 6.54 Å². The first kappa shape index (κ1) is 20.1. The maximum Gasteiger partial charge on any atom is 0.214 e. The van der Waals surface area contributed by atoms with Crippen LogP contribution in [0.15, 0.2) is 54.6 Å². The van der Waals surface area contributed by atoms with Crippen LogP contribution < -0.4 is 9.80 Å². The number of quaternary nitrogens is 1. The van der Waals surface area contributed by atoms with Gasteiger partial charge < -0.3 is 14.5 Å². The molecule has 0 aliphatic carbocycles. The molecular weight excluding hydrogens is 395 g/mol. The number of nitrogens with zero attached hydrogens (tertiary/aromatic N) is 5. The summed E-state index contributed by atoms with van der Waals surface area (Å²) >= 11 is 0. The first-order valence-electron chi connectivity index (χ1n) is 11.1. The zero-order valence-electron chi connectivity index (χ0n) is 17.5. The molecule has 1 N–H and O–H groups in total. The largest absolute Gasteiger partial charge is 0.376 e. The molecule has 162 valence electrons. The van der Waals surface area contributed by atoms with Crippen molar-refractivity contribution in [2.24, 2.45) is 0 Å². The fourth-order valence-corrected chi connectivity index (χ4v) is 4.74. The van der Waals surface area contributed by atoms with Crippen LogP contribution in [0, 0.1) is 5.82 Å². The number of benzene rings is 2.